The zero-order valence-corrected chi connectivity index (χ0v) is 7.60. The third kappa shape index (κ3) is 1.38. The van der Waals surface area contributed by atoms with E-state index >= 15 is 0 Å². The molecular formula is C8H4ClN3O2. The number of aromatic nitrogens is 2. The Kier molecular flexibility index (Phi) is 2.01. The number of halogens is 1. The van der Waals surface area contributed by atoms with Crippen molar-refractivity contribution in [3.05, 3.63) is 39.7 Å². The molecule has 0 radical (unpaired) electrons. The molecule has 0 N–H and O–H groups in total. The second kappa shape index (κ2) is 3.19. The van der Waals surface area contributed by atoms with Crippen LogP contribution in [0.2, 0.25) is 5.15 Å². The fourth-order valence-corrected chi connectivity index (χ4v) is 1.35. The van der Waals surface area contributed by atoms with Crippen LogP contribution >= 0.6 is 11.6 Å². The smallest absolute Gasteiger partial charge is 0.258 e. The zero-order valence-electron chi connectivity index (χ0n) is 6.85. The summed E-state index contributed by atoms with van der Waals surface area (Å²) in [5.74, 6) is 0. The topological polar surface area (TPSA) is 68.9 Å². The van der Waals surface area contributed by atoms with E-state index < -0.39 is 4.92 Å². The standard InChI is InChI=1S/C8H4ClN3O2/c9-8-7-3-6(12(13)14)2-1-5(7)4-10-11-8/h1-4H. The third-order valence-electron chi connectivity index (χ3n) is 1.81. The molecule has 0 unspecified atom stereocenters. The summed E-state index contributed by atoms with van der Waals surface area (Å²) in [4.78, 5) is 10.0. The maximum Gasteiger partial charge on any atom is 0.270 e. The summed E-state index contributed by atoms with van der Waals surface area (Å²) in [5.41, 5.74) is -0.00704. The molecule has 0 spiro atoms. The van der Waals surface area contributed by atoms with Gasteiger partial charge in [0, 0.05) is 22.9 Å². The van der Waals surface area contributed by atoms with Gasteiger partial charge in [-0.2, -0.15) is 5.10 Å². The molecule has 5 nitrogen and oxygen atoms in total. The normalized spacial score (nSPS) is 10.4. The van der Waals surface area contributed by atoms with E-state index in [-0.39, 0.29) is 10.8 Å². The predicted molar refractivity (Wildman–Crippen MR) is 51.2 cm³/mol. The maximum absolute atomic E-state index is 10.5. The third-order valence-corrected chi connectivity index (χ3v) is 2.09. The van der Waals surface area contributed by atoms with E-state index in [0.717, 1.165) is 5.39 Å². The average molecular weight is 210 g/mol. The predicted octanol–water partition coefficient (Wildman–Crippen LogP) is 2.19. The molecule has 0 bridgehead atoms. The van der Waals surface area contributed by atoms with Crippen LogP contribution in [0.1, 0.15) is 0 Å². The second-order valence-corrected chi connectivity index (χ2v) is 3.02. The number of nitrogens with zero attached hydrogens (tertiary/aromatic N) is 3. The van der Waals surface area contributed by atoms with Crippen LogP contribution in [0.25, 0.3) is 10.8 Å². The van der Waals surface area contributed by atoms with E-state index in [0.29, 0.717) is 5.39 Å². The lowest BCUT2D eigenvalue weighted by atomic mass is 10.2. The lowest BCUT2D eigenvalue weighted by Gasteiger charge is -1.97. The number of nitro benzene ring substituents is 1. The Bertz CT molecular complexity index is 515. The average Bonchev–Trinajstić information content (AvgIpc) is 2.18. The van der Waals surface area contributed by atoms with Gasteiger partial charge in [0.1, 0.15) is 0 Å². The van der Waals surface area contributed by atoms with E-state index in [2.05, 4.69) is 10.2 Å². The monoisotopic (exact) mass is 209 g/mol. The van der Waals surface area contributed by atoms with Gasteiger partial charge in [0.15, 0.2) is 5.15 Å². The van der Waals surface area contributed by atoms with Crippen LogP contribution in [0.5, 0.6) is 0 Å². The van der Waals surface area contributed by atoms with E-state index in [1.807, 2.05) is 0 Å². The minimum absolute atomic E-state index is 0.00704. The summed E-state index contributed by atoms with van der Waals surface area (Å²) < 4.78 is 0. The van der Waals surface area contributed by atoms with Gasteiger partial charge in [0.05, 0.1) is 11.1 Å². The van der Waals surface area contributed by atoms with Crippen LogP contribution in [-0.2, 0) is 0 Å². The molecular weight excluding hydrogens is 206 g/mol. The van der Waals surface area contributed by atoms with Crippen LogP contribution in [0.15, 0.2) is 24.4 Å². The van der Waals surface area contributed by atoms with Crippen molar-refractivity contribution in [1.29, 1.82) is 0 Å². The van der Waals surface area contributed by atoms with Crippen molar-refractivity contribution in [2.24, 2.45) is 0 Å². The Labute approximate surface area is 83.5 Å². The Hall–Kier alpha value is -1.75. The highest BCUT2D eigenvalue weighted by Gasteiger charge is 2.08. The summed E-state index contributed by atoms with van der Waals surface area (Å²) >= 11 is 5.74. The van der Waals surface area contributed by atoms with E-state index in [1.54, 1.807) is 6.07 Å². The highest BCUT2D eigenvalue weighted by molar-refractivity contribution is 6.34. The molecule has 0 saturated heterocycles. The van der Waals surface area contributed by atoms with Gasteiger partial charge >= 0.3 is 0 Å². The summed E-state index contributed by atoms with van der Waals surface area (Å²) in [6.45, 7) is 0. The van der Waals surface area contributed by atoms with E-state index in [1.165, 1.54) is 18.3 Å². The number of non-ortho nitro benzene ring substituents is 1. The Morgan fingerprint density at radius 1 is 1.43 bits per heavy atom. The molecule has 1 aromatic heterocycles. The molecule has 0 fully saturated rings. The number of hydrogen-bond acceptors (Lipinski definition) is 4. The molecule has 1 heterocycles. The van der Waals surface area contributed by atoms with Crippen molar-refractivity contribution >= 4 is 28.1 Å². The molecule has 14 heavy (non-hydrogen) atoms. The molecule has 6 heteroatoms. The maximum atomic E-state index is 10.5. The first kappa shape index (κ1) is 8.83. The van der Waals surface area contributed by atoms with Crippen molar-refractivity contribution < 1.29 is 4.92 Å². The van der Waals surface area contributed by atoms with Gasteiger partial charge in [-0.05, 0) is 6.07 Å². The number of nitro groups is 1. The molecule has 0 aliphatic rings. The van der Waals surface area contributed by atoms with Crippen LogP contribution < -0.4 is 0 Å². The van der Waals surface area contributed by atoms with E-state index in [9.17, 15) is 10.1 Å². The molecule has 2 rings (SSSR count). The first-order valence-electron chi connectivity index (χ1n) is 3.74. The van der Waals surface area contributed by atoms with Gasteiger partial charge in [0.2, 0.25) is 0 Å². The summed E-state index contributed by atoms with van der Waals surface area (Å²) in [5, 5.41) is 19.2. The summed E-state index contributed by atoms with van der Waals surface area (Å²) in [7, 11) is 0. The molecule has 0 saturated carbocycles. The number of benzene rings is 1. The molecule has 0 amide bonds. The largest absolute Gasteiger partial charge is 0.270 e. The van der Waals surface area contributed by atoms with Crippen molar-refractivity contribution in [1.82, 2.24) is 10.2 Å². The van der Waals surface area contributed by atoms with Crippen LogP contribution in [0.3, 0.4) is 0 Å². The number of hydrogen-bond donors (Lipinski definition) is 0. The van der Waals surface area contributed by atoms with Crippen LogP contribution in [0, 0.1) is 10.1 Å². The minimum Gasteiger partial charge on any atom is -0.258 e. The first-order chi connectivity index (χ1) is 6.68. The lowest BCUT2D eigenvalue weighted by Crippen LogP contribution is -1.89. The van der Waals surface area contributed by atoms with Gasteiger partial charge in [-0.3, -0.25) is 10.1 Å². The number of rotatable bonds is 1. The van der Waals surface area contributed by atoms with Gasteiger partial charge < -0.3 is 0 Å². The highest BCUT2D eigenvalue weighted by atomic mass is 35.5. The second-order valence-electron chi connectivity index (χ2n) is 2.66. The number of fused-ring (bicyclic) bond motifs is 1. The molecule has 0 aliphatic carbocycles. The fourth-order valence-electron chi connectivity index (χ4n) is 1.14. The van der Waals surface area contributed by atoms with Crippen molar-refractivity contribution in [3.8, 4) is 0 Å². The Morgan fingerprint density at radius 2 is 2.21 bits per heavy atom. The molecule has 0 atom stereocenters. The van der Waals surface area contributed by atoms with Crippen LogP contribution in [-0.4, -0.2) is 15.1 Å². The zero-order chi connectivity index (χ0) is 10.1. The van der Waals surface area contributed by atoms with Gasteiger partial charge in [0.25, 0.3) is 5.69 Å². The van der Waals surface area contributed by atoms with Gasteiger partial charge in [-0.15, -0.1) is 5.10 Å². The minimum atomic E-state index is -0.476. The van der Waals surface area contributed by atoms with Crippen molar-refractivity contribution in [2.45, 2.75) is 0 Å². The fraction of sp³-hybridized carbons (Fsp3) is 0. The van der Waals surface area contributed by atoms with Crippen LogP contribution in [0.4, 0.5) is 5.69 Å². The first-order valence-corrected chi connectivity index (χ1v) is 4.11. The molecule has 0 aliphatic heterocycles. The van der Waals surface area contributed by atoms with Crippen molar-refractivity contribution in [2.75, 3.05) is 0 Å². The highest BCUT2D eigenvalue weighted by Crippen LogP contribution is 2.24. The SMILES string of the molecule is O=[N+]([O-])c1ccc2cnnc(Cl)c2c1. The van der Waals surface area contributed by atoms with E-state index in [4.69, 9.17) is 11.6 Å². The van der Waals surface area contributed by atoms with Crippen molar-refractivity contribution in [3.63, 3.8) is 0 Å². The molecule has 2 aromatic rings. The van der Waals surface area contributed by atoms with Gasteiger partial charge in [-0.1, -0.05) is 11.6 Å². The quantitative estimate of drug-likeness (QED) is 0.533. The summed E-state index contributed by atoms with van der Waals surface area (Å²) in [6.07, 6.45) is 1.50. The Balaban J connectivity index is 2.76. The molecule has 70 valence electrons. The summed E-state index contributed by atoms with van der Waals surface area (Å²) in [6, 6.07) is 4.38. The molecule has 1 aromatic carbocycles. The van der Waals surface area contributed by atoms with Gasteiger partial charge in [-0.25, -0.2) is 0 Å². The lowest BCUT2D eigenvalue weighted by molar-refractivity contribution is -0.384. The Morgan fingerprint density at radius 3 is 2.93 bits per heavy atom.